The molecular weight excluding hydrogens is 282 g/mol. The van der Waals surface area contributed by atoms with E-state index >= 15 is 0 Å². The van der Waals surface area contributed by atoms with E-state index in [-0.39, 0.29) is 12.3 Å². The van der Waals surface area contributed by atoms with Gasteiger partial charge in [0, 0.05) is 50.5 Å². The number of hydrogen-bond acceptors (Lipinski definition) is 4. The number of carbonyl (C=O) groups is 2. The summed E-state index contributed by atoms with van der Waals surface area (Å²) in [7, 11) is 0. The highest BCUT2D eigenvalue weighted by Gasteiger charge is 2.27. The molecule has 0 spiro atoms. The molecule has 6 heteroatoms. The molecule has 0 atom stereocenters. The summed E-state index contributed by atoms with van der Waals surface area (Å²) >= 11 is 0. The fourth-order valence-electron chi connectivity index (χ4n) is 3.12. The lowest BCUT2D eigenvalue weighted by atomic mass is 10.1. The average molecular weight is 303 g/mol. The van der Waals surface area contributed by atoms with Crippen molar-refractivity contribution in [1.82, 2.24) is 5.32 Å². The predicted octanol–water partition coefficient (Wildman–Crippen LogP) is 0.850. The number of piperazine rings is 1. The van der Waals surface area contributed by atoms with Crippen LogP contribution in [0.25, 0.3) is 0 Å². The van der Waals surface area contributed by atoms with Gasteiger partial charge >= 0.3 is 5.97 Å². The first-order valence-electron chi connectivity index (χ1n) is 7.76. The van der Waals surface area contributed by atoms with E-state index in [9.17, 15) is 9.59 Å². The molecule has 1 saturated heterocycles. The molecule has 118 valence electrons. The summed E-state index contributed by atoms with van der Waals surface area (Å²) in [5.41, 5.74) is 3.16. The molecule has 0 radical (unpaired) electrons. The normalized spacial score (nSPS) is 17.7. The van der Waals surface area contributed by atoms with Crippen LogP contribution in [0.3, 0.4) is 0 Å². The molecule has 2 aliphatic heterocycles. The molecular formula is C16H21N3O3. The number of hydrogen-bond donors (Lipinski definition) is 2. The van der Waals surface area contributed by atoms with E-state index in [1.807, 2.05) is 6.07 Å². The second kappa shape index (κ2) is 6.36. The molecule has 2 N–H and O–H groups in total. The van der Waals surface area contributed by atoms with Gasteiger partial charge in [-0.15, -0.1) is 0 Å². The zero-order valence-corrected chi connectivity index (χ0v) is 12.5. The van der Waals surface area contributed by atoms with Crippen LogP contribution in [0.5, 0.6) is 0 Å². The van der Waals surface area contributed by atoms with E-state index in [2.05, 4.69) is 22.3 Å². The van der Waals surface area contributed by atoms with Gasteiger partial charge in [-0.3, -0.25) is 9.59 Å². The Bertz CT molecular complexity index is 582. The van der Waals surface area contributed by atoms with Gasteiger partial charge in [-0.2, -0.15) is 0 Å². The van der Waals surface area contributed by atoms with E-state index in [4.69, 9.17) is 5.11 Å². The smallest absolute Gasteiger partial charge is 0.303 e. The third-order valence-electron chi connectivity index (χ3n) is 4.25. The van der Waals surface area contributed by atoms with Crippen LogP contribution in [0.2, 0.25) is 0 Å². The maximum absolute atomic E-state index is 12.1. The zero-order chi connectivity index (χ0) is 15.5. The number of anilines is 2. The number of amides is 1. The second-order valence-electron chi connectivity index (χ2n) is 5.77. The molecule has 2 aliphatic rings. The Labute approximate surface area is 129 Å². The highest BCUT2D eigenvalue weighted by atomic mass is 16.4. The Kier molecular flexibility index (Phi) is 4.29. The second-order valence-corrected chi connectivity index (χ2v) is 5.77. The van der Waals surface area contributed by atoms with Crippen molar-refractivity contribution >= 4 is 23.3 Å². The molecule has 0 unspecified atom stereocenters. The molecule has 22 heavy (non-hydrogen) atoms. The first-order valence-corrected chi connectivity index (χ1v) is 7.76. The average Bonchev–Trinajstić information content (AvgIpc) is 2.83. The Morgan fingerprint density at radius 3 is 2.77 bits per heavy atom. The number of nitrogens with zero attached hydrogens (tertiary/aromatic N) is 2. The van der Waals surface area contributed by atoms with E-state index in [1.54, 1.807) is 4.90 Å². The van der Waals surface area contributed by atoms with Crippen molar-refractivity contribution in [3.8, 4) is 0 Å². The van der Waals surface area contributed by atoms with Gasteiger partial charge in [0.15, 0.2) is 0 Å². The fraction of sp³-hybridized carbons (Fsp3) is 0.500. The van der Waals surface area contributed by atoms with Gasteiger partial charge in [-0.25, -0.2) is 0 Å². The molecule has 1 aromatic carbocycles. The maximum atomic E-state index is 12.1. The summed E-state index contributed by atoms with van der Waals surface area (Å²) in [6, 6.07) is 6.17. The molecule has 0 saturated carbocycles. The minimum absolute atomic E-state index is 0.0675. The predicted molar refractivity (Wildman–Crippen MR) is 84.5 cm³/mol. The molecule has 1 aromatic rings. The van der Waals surface area contributed by atoms with Crippen LogP contribution in [0.4, 0.5) is 11.4 Å². The summed E-state index contributed by atoms with van der Waals surface area (Å²) in [5.74, 6) is -0.751. The monoisotopic (exact) mass is 303 g/mol. The van der Waals surface area contributed by atoms with Crippen molar-refractivity contribution in [2.45, 2.75) is 19.3 Å². The molecule has 1 fully saturated rings. The van der Waals surface area contributed by atoms with Crippen molar-refractivity contribution in [3.05, 3.63) is 23.8 Å². The highest BCUT2D eigenvalue weighted by molar-refractivity contribution is 6.01. The van der Waals surface area contributed by atoms with Crippen LogP contribution in [-0.2, 0) is 16.0 Å². The van der Waals surface area contributed by atoms with E-state index in [1.165, 1.54) is 5.69 Å². The van der Waals surface area contributed by atoms with E-state index in [0.29, 0.717) is 19.4 Å². The lowest BCUT2D eigenvalue weighted by Gasteiger charge is -2.30. The molecule has 0 aliphatic carbocycles. The van der Waals surface area contributed by atoms with Gasteiger partial charge < -0.3 is 20.2 Å². The third-order valence-corrected chi connectivity index (χ3v) is 4.25. The number of carbonyl (C=O) groups excluding carboxylic acids is 1. The first kappa shape index (κ1) is 14.8. The summed E-state index contributed by atoms with van der Waals surface area (Å²) in [4.78, 5) is 26.8. The van der Waals surface area contributed by atoms with Gasteiger partial charge in [0.1, 0.15) is 0 Å². The Morgan fingerprint density at radius 1 is 1.27 bits per heavy atom. The number of nitrogens with one attached hydrogen (secondary N) is 1. The topological polar surface area (TPSA) is 72.9 Å². The number of rotatable bonds is 5. The van der Waals surface area contributed by atoms with Crippen molar-refractivity contribution in [1.29, 1.82) is 0 Å². The number of benzene rings is 1. The van der Waals surface area contributed by atoms with Crippen LogP contribution >= 0.6 is 0 Å². The molecule has 6 nitrogen and oxygen atoms in total. The van der Waals surface area contributed by atoms with Gasteiger partial charge in [-0.1, -0.05) is 0 Å². The Balaban J connectivity index is 1.72. The number of fused-ring (bicyclic) bond motifs is 1. The zero-order valence-electron chi connectivity index (χ0n) is 12.5. The van der Waals surface area contributed by atoms with Crippen LogP contribution in [0, 0.1) is 0 Å². The van der Waals surface area contributed by atoms with Crippen molar-refractivity contribution in [3.63, 3.8) is 0 Å². The van der Waals surface area contributed by atoms with Gasteiger partial charge in [0.25, 0.3) is 0 Å². The molecule has 3 rings (SSSR count). The first-order chi connectivity index (χ1) is 10.6. The highest BCUT2D eigenvalue weighted by Crippen LogP contribution is 2.32. The minimum atomic E-state index is -0.819. The summed E-state index contributed by atoms with van der Waals surface area (Å²) in [6.45, 7) is 4.41. The SMILES string of the molecule is O=C(O)CCCN1C(=O)Cc2cc(N3CCNCC3)ccc21. The fourth-order valence-corrected chi connectivity index (χ4v) is 3.12. The van der Waals surface area contributed by atoms with Crippen LogP contribution in [0.1, 0.15) is 18.4 Å². The van der Waals surface area contributed by atoms with E-state index < -0.39 is 5.97 Å². The van der Waals surface area contributed by atoms with Crippen molar-refractivity contribution < 1.29 is 14.7 Å². The molecule has 1 amide bonds. The number of aliphatic carboxylic acids is 1. The summed E-state index contributed by atoms with van der Waals surface area (Å²) in [5, 5.41) is 12.0. The van der Waals surface area contributed by atoms with Crippen LogP contribution in [0.15, 0.2) is 18.2 Å². The standard InChI is InChI=1S/C16H21N3O3/c20-15-11-12-10-13(18-8-5-17-6-9-18)3-4-14(12)19(15)7-1-2-16(21)22/h3-4,10,17H,1-2,5-9,11H2,(H,21,22). The Hall–Kier alpha value is -2.08. The molecule has 2 heterocycles. The van der Waals surface area contributed by atoms with Crippen molar-refractivity contribution in [2.24, 2.45) is 0 Å². The largest absolute Gasteiger partial charge is 0.481 e. The summed E-state index contributed by atoms with van der Waals surface area (Å²) in [6.07, 6.45) is 1.00. The maximum Gasteiger partial charge on any atom is 0.303 e. The number of carboxylic acids is 1. The lowest BCUT2D eigenvalue weighted by molar-refractivity contribution is -0.137. The van der Waals surface area contributed by atoms with Crippen LogP contribution < -0.4 is 15.1 Å². The lowest BCUT2D eigenvalue weighted by Crippen LogP contribution is -2.43. The Morgan fingerprint density at radius 2 is 2.05 bits per heavy atom. The van der Waals surface area contributed by atoms with Crippen molar-refractivity contribution in [2.75, 3.05) is 42.5 Å². The van der Waals surface area contributed by atoms with Gasteiger partial charge in [-0.05, 0) is 30.2 Å². The number of carboxylic acid groups (broad SMARTS) is 1. The molecule has 0 aromatic heterocycles. The summed E-state index contributed by atoms with van der Waals surface area (Å²) < 4.78 is 0. The quantitative estimate of drug-likeness (QED) is 0.844. The van der Waals surface area contributed by atoms with E-state index in [0.717, 1.165) is 37.4 Å². The molecule has 0 bridgehead atoms. The third kappa shape index (κ3) is 3.06. The van der Waals surface area contributed by atoms with Gasteiger partial charge in [0.05, 0.1) is 6.42 Å². The van der Waals surface area contributed by atoms with Gasteiger partial charge in [0.2, 0.25) is 5.91 Å². The van der Waals surface area contributed by atoms with Crippen LogP contribution in [-0.4, -0.2) is 49.7 Å². The minimum Gasteiger partial charge on any atom is -0.481 e.